The van der Waals surface area contributed by atoms with Gasteiger partial charge in [-0.3, -0.25) is 0 Å². The molecule has 0 saturated heterocycles. The van der Waals surface area contributed by atoms with E-state index in [1.165, 1.54) is 12.3 Å². The van der Waals surface area contributed by atoms with E-state index in [0.717, 1.165) is 5.56 Å². The van der Waals surface area contributed by atoms with E-state index in [2.05, 4.69) is 10.1 Å². The summed E-state index contributed by atoms with van der Waals surface area (Å²) < 4.78 is 12.5. The van der Waals surface area contributed by atoms with Crippen LogP contribution in [-0.2, 0) is 4.84 Å². The molecule has 4 nitrogen and oxygen atoms in total. The monoisotopic (exact) mass is 196 g/mol. The van der Waals surface area contributed by atoms with E-state index in [-0.39, 0.29) is 12.7 Å². The fourth-order valence-electron chi connectivity index (χ4n) is 1.24. The van der Waals surface area contributed by atoms with Gasteiger partial charge >= 0.3 is 0 Å². The summed E-state index contributed by atoms with van der Waals surface area (Å²) in [6.07, 6.45) is 1.65. The van der Waals surface area contributed by atoms with Crippen LogP contribution in [0.25, 0.3) is 0 Å². The lowest BCUT2D eigenvalue weighted by molar-refractivity contribution is 0.0390. The molecule has 1 unspecified atom stereocenters. The first kappa shape index (κ1) is 9.08. The van der Waals surface area contributed by atoms with Gasteiger partial charge in [0.05, 0.1) is 12.3 Å². The summed E-state index contributed by atoms with van der Waals surface area (Å²) in [6, 6.07) is 2.86. The maximum absolute atomic E-state index is 12.5. The number of oxime groups is 1. The van der Waals surface area contributed by atoms with E-state index in [4.69, 9.17) is 9.94 Å². The Hall–Kier alpha value is -1.49. The van der Waals surface area contributed by atoms with Gasteiger partial charge in [-0.15, -0.1) is 0 Å². The molecule has 0 spiro atoms. The highest BCUT2D eigenvalue weighted by atomic mass is 19.1. The number of nitrogens with zero attached hydrogens (tertiary/aromatic N) is 2. The quantitative estimate of drug-likeness (QED) is 0.708. The fourth-order valence-corrected chi connectivity index (χ4v) is 1.24. The van der Waals surface area contributed by atoms with Crippen molar-refractivity contribution in [2.75, 3.05) is 6.61 Å². The Morgan fingerprint density at radius 2 is 2.43 bits per heavy atom. The molecule has 0 aromatic carbocycles. The predicted molar refractivity (Wildman–Crippen MR) is 47.3 cm³/mol. The van der Waals surface area contributed by atoms with E-state index in [1.807, 2.05) is 0 Å². The molecule has 2 rings (SSSR count). The summed E-state index contributed by atoms with van der Waals surface area (Å²) in [7, 11) is 0. The fraction of sp³-hybridized carbons (Fsp3) is 0.333. The average Bonchev–Trinajstić information content (AvgIpc) is 2.67. The Balaban J connectivity index is 2.13. The summed E-state index contributed by atoms with van der Waals surface area (Å²) >= 11 is 0. The number of hydrogen-bond acceptors (Lipinski definition) is 4. The van der Waals surface area contributed by atoms with Gasteiger partial charge in [0.1, 0.15) is 0 Å². The largest absolute Gasteiger partial charge is 0.392 e. The molecule has 0 bridgehead atoms. The molecule has 0 fully saturated rings. The van der Waals surface area contributed by atoms with Crippen molar-refractivity contribution in [2.45, 2.75) is 12.5 Å². The second-order valence-electron chi connectivity index (χ2n) is 3.02. The van der Waals surface area contributed by atoms with Crippen LogP contribution < -0.4 is 0 Å². The van der Waals surface area contributed by atoms with Gasteiger partial charge in [-0.05, 0) is 12.1 Å². The Labute approximate surface area is 80.0 Å². The molecular formula is C9H9FN2O2. The van der Waals surface area contributed by atoms with E-state index in [1.54, 1.807) is 6.07 Å². The zero-order valence-electron chi connectivity index (χ0n) is 7.35. The third kappa shape index (κ3) is 1.72. The van der Waals surface area contributed by atoms with Crippen molar-refractivity contribution in [2.24, 2.45) is 5.16 Å². The minimum Gasteiger partial charge on any atom is -0.392 e. The SMILES string of the molecule is OCC1CC(c2ccc(F)nc2)=NO1. The molecular weight excluding hydrogens is 187 g/mol. The first-order chi connectivity index (χ1) is 6.79. The molecule has 0 amide bonds. The van der Waals surface area contributed by atoms with Gasteiger partial charge in [0.25, 0.3) is 0 Å². The zero-order valence-corrected chi connectivity index (χ0v) is 7.35. The molecule has 0 radical (unpaired) electrons. The lowest BCUT2D eigenvalue weighted by Gasteiger charge is -2.01. The van der Waals surface area contributed by atoms with Gasteiger partial charge in [-0.2, -0.15) is 4.39 Å². The van der Waals surface area contributed by atoms with Crippen molar-refractivity contribution < 1.29 is 14.3 Å². The number of halogens is 1. The van der Waals surface area contributed by atoms with E-state index in [0.29, 0.717) is 12.1 Å². The van der Waals surface area contributed by atoms with Gasteiger partial charge in [0.15, 0.2) is 6.10 Å². The first-order valence-electron chi connectivity index (χ1n) is 4.25. The third-order valence-electron chi connectivity index (χ3n) is 2.00. The summed E-state index contributed by atoms with van der Waals surface area (Å²) in [5.74, 6) is -0.521. The summed E-state index contributed by atoms with van der Waals surface area (Å²) in [5, 5.41) is 12.6. The molecule has 1 aliphatic rings. The maximum Gasteiger partial charge on any atom is 0.212 e. The second kappa shape index (κ2) is 3.71. The van der Waals surface area contributed by atoms with Crippen LogP contribution in [0.15, 0.2) is 23.5 Å². The maximum atomic E-state index is 12.5. The van der Waals surface area contributed by atoms with Crippen LogP contribution in [0, 0.1) is 5.95 Å². The average molecular weight is 196 g/mol. The Kier molecular flexibility index (Phi) is 2.41. The topological polar surface area (TPSA) is 54.7 Å². The van der Waals surface area contributed by atoms with Crippen molar-refractivity contribution in [3.63, 3.8) is 0 Å². The molecule has 5 heteroatoms. The van der Waals surface area contributed by atoms with Crippen LogP contribution in [0.5, 0.6) is 0 Å². The molecule has 74 valence electrons. The molecule has 1 atom stereocenters. The van der Waals surface area contributed by atoms with Crippen LogP contribution >= 0.6 is 0 Å². The standard InChI is InChI=1S/C9H9FN2O2/c10-9-2-1-6(4-11-9)8-3-7(5-13)14-12-8/h1-2,4,7,13H,3,5H2. The van der Waals surface area contributed by atoms with E-state index < -0.39 is 5.95 Å². The minimum absolute atomic E-state index is 0.0678. The van der Waals surface area contributed by atoms with E-state index >= 15 is 0 Å². The number of aliphatic hydroxyl groups is 1. The molecule has 1 aromatic heterocycles. The van der Waals surface area contributed by atoms with Crippen molar-refractivity contribution in [1.82, 2.24) is 4.98 Å². The normalized spacial score (nSPS) is 20.4. The molecule has 1 N–H and O–H groups in total. The zero-order chi connectivity index (χ0) is 9.97. The number of aromatic nitrogens is 1. The number of pyridine rings is 1. The summed E-state index contributed by atoms with van der Waals surface area (Å²) in [6.45, 7) is -0.0678. The van der Waals surface area contributed by atoms with Crippen LogP contribution in [0.3, 0.4) is 0 Å². The van der Waals surface area contributed by atoms with Gasteiger partial charge < -0.3 is 9.94 Å². The highest BCUT2D eigenvalue weighted by Gasteiger charge is 2.21. The predicted octanol–water partition coefficient (Wildman–Crippen LogP) is 0.706. The summed E-state index contributed by atoms with van der Waals surface area (Å²) in [4.78, 5) is 8.42. The Morgan fingerprint density at radius 1 is 1.57 bits per heavy atom. The van der Waals surface area contributed by atoms with Gasteiger partial charge in [0, 0.05) is 18.2 Å². The van der Waals surface area contributed by atoms with Crippen LogP contribution in [0.2, 0.25) is 0 Å². The minimum atomic E-state index is -0.521. The van der Waals surface area contributed by atoms with Crippen molar-refractivity contribution in [1.29, 1.82) is 0 Å². The Morgan fingerprint density at radius 3 is 3.00 bits per heavy atom. The highest BCUT2D eigenvalue weighted by molar-refractivity contribution is 6.00. The van der Waals surface area contributed by atoms with Gasteiger partial charge in [0.2, 0.25) is 5.95 Å². The lowest BCUT2D eigenvalue weighted by atomic mass is 10.1. The highest BCUT2D eigenvalue weighted by Crippen LogP contribution is 2.15. The first-order valence-corrected chi connectivity index (χ1v) is 4.25. The van der Waals surface area contributed by atoms with E-state index in [9.17, 15) is 4.39 Å². The molecule has 0 saturated carbocycles. The van der Waals surface area contributed by atoms with Crippen LogP contribution in [0.4, 0.5) is 4.39 Å². The molecule has 14 heavy (non-hydrogen) atoms. The number of hydrogen-bond donors (Lipinski definition) is 1. The lowest BCUT2D eigenvalue weighted by Crippen LogP contribution is -2.12. The molecule has 1 aromatic rings. The van der Waals surface area contributed by atoms with Gasteiger partial charge in [-0.1, -0.05) is 5.16 Å². The van der Waals surface area contributed by atoms with Crippen molar-refractivity contribution in [3.05, 3.63) is 29.8 Å². The van der Waals surface area contributed by atoms with Crippen LogP contribution in [0.1, 0.15) is 12.0 Å². The third-order valence-corrected chi connectivity index (χ3v) is 2.00. The number of aliphatic hydroxyl groups excluding tert-OH is 1. The van der Waals surface area contributed by atoms with Crippen molar-refractivity contribution >= 4 is 5.71 Å². The van der Waals surface area contributed by atoms with Gasteiger partial charge in [-0.25, -0.2) is 4.98 Å². The molecule has 0 aliphatic carbocycles. The smallest absolute Gasteiger partial charge is 0.212 e. The summed E-state index contributed by atoms with van der Waals surface area (Å²) in [5.41, 5.74) is 1.42. The molecule has 1 aliphatic heterocycles. The number of rotatable bonds is 2. The van der Waals surface area contributed by atoms with Crippen LogP contribution in [-0.4, -0.2) is 28.5 Å². The Bertz CT molecular complexity index is 350. The van der Waals surface area contributed by atoms with Crippen molar-refractivity contribution in [3.8, 4) is 0 Å². The molecule has 2 heterocycles. The second-order valence-corrected chi connectivity index (χ2v) is 3.02.